The highest BCUT2D eigenvalue weighted by atomic mass is 19.4. The summed E-state index contributed by atoms with van der Waals surface area (Å²) >= 11 is 0. The fraction of sp³-hybridized carbons (Fsp3) is 0.133. The van der Waals surface area contributed by atoms with Crippen molar-refractivity contribution in [2.45, 2.75) is 12.8 Å². The second kappa shape index (κ2) is 5.77. The summed E-state index contributed by atoms with van der Waals surface area (Å²) in [6, 6.07) is 11.6. The van der Waals surface area contributed by atoms with Gasteiger partial charge in [-0.3, -0.25) is 4.79 Å². The largest absolute Gasteiger partial charge is 0.488 e. The predicted molar refractivity (Wildman–Crippen MR) is 67.6 cm³/mol. The maximum absolute atomic E-state index is 12.8. The predicted octanol–water partition coefficient (Wildman–Crippen LogP) is 4.10. The summed E-state index contributed by atoms with van der Waals surface area (Å²) in [5.74, 6) is 0.263. The van der Waals surface area contributed by atoms with Gasteiger partial charge in [-0.1, -0.05) is 30.3 Å². The van der Waals surface area contributed by atoms with E-state index < -0.39 is 11.7 Å². The lowest BCUT2D eigenvalue weighted by Gasteiger charge is -2.14. The zero-order valence-corrected chi connectivity index (χ0v) is 10.4. The Morgan fingerprint density at radius 1 is 1.00 bits per heavy atom. The number of hydrogen-bond acceptors (Lipinski definition) is 2. The Morgan fingerprint density at radius 2 is 1.65 bits per heavy atom. The smallest absolute Gasteiger partial charge is 0.416 e. The molecule has 5 heteroatoms. The van der Waals surface area contributed by atoms with E-state index >= 15 is 0 Å². The summed E-state index contributed by atoms with van der Waals surface area (Å²) in [6.07, 6.45) is -3.82. The molecule has 0 unspecified atom stereocenters. The molecule has 0 heterocycles. The van der Waals surface area contributed by atoms with E-state index in [2.05, 4.69) is 0 Å². The summed E-state index contributed by atoms with van der Waals surface area (Å²) in [7, 11) is 0. The van der Waals surface area contributed by atoms with Crippen molar-refractivity contribution in [3.05, 3.63) is 65.2 Å². The first-order chi connectivity index (χ1) is 9.52. The number of benzene rings is 2. The SMILES string of the molecule is O=Cc1ccccc1OCc1ccccc1C(F)(F)F. The van der Waals surface area contributed by atoms with Crippen molar-refractivity contribution >= 4 is 6.29 Å². The quantitative estimate of drug-likeness (QED) is 0.788. The van der Waals surface area contributed by atoms with Crippen molar-refractivity contribution in [1.29, 1.82) is 0 Å². The summed E-state index contributed by atoms with van der Waals surface area (Å²) < 4.78 is 43.7. The Labute approximate surface area is 113 Å². The first-order valence-electron chi connectivity index (χ1n) is 5.84. The Morgan fingerprint density at radius 3 is 2.35 bits per heavy atom. The number of ether oxygens (including phenoxy) is 1. The van der Waals surface area contributed by atoms with E-state index in [1.54, 1.807) is 18.2 Å². The average molecular weight is 280 g/mol. The van der Waals surface area contributed by atoms with Gasteiger partial charge in [-0.2, -0.15) is 13.2 Å². The molecule has 2 aromatic rings. The van der Waals surface area contributed by atoms with Gasteiger partial charge in [0, 0.05) is 5.56 Å². The van der Waals surface area contributed by atoms with E-state index in [9.17, 15) is 18.0 Å². The number of carbonyl (C=O) groups excluding carboxylic acids is 1. The fourth-order valence-corrected chi connectivity index (χ4v) is 1.79. The molecule has 0 aliphatic carbocycles. The van der Waals surface area contributed by atoms with Crippen molar-refractivity contribution in [2.24, 2.45) is 0 Å². The molecule has 2 rings (SSSR count). The average Bonchev–Trinajstić information content (AvgIpc) is 2.44. The zero-order valence-electron chi connectivity index (χ0n) is 10.4. The number of para-hydroxylation sites is 1. The van der Waals surface area contributed by atoms with Crippen LogP contribution >= 0.6 is 0 Å². The molecule has 0 aromatic heterocycles. The minimum absolute atomic E-state index is 0.0284. The normalized spacial score (nSPS) is 11.2. The third kappa shape index (κ3) is 3.17. The van der Waals surface area contributed by atoms with Gasteiger partial charge < -0.3 is 4.74 Å². The fourth-order valence-electron chi connectivity index (χ4n) is 1.79. The second-order valence-electron chi connectivity index (χ2n) is 4.10. The highest BCUT2D eigenvalue weighted by Gasteiger charge is 2.32. The van der Waals surface area contributed by atoms with Crippen molar-refractivity contribution in [3.63, 3.8) is 0 Å². The number of carbonyl (C=O) groups is 1. The van der Waals surface area contributed by atoms with Crippen LogP contribution in [0.15, 0.2) is 48.5 Å². The molecular formula is C15H11F3O2. The van der Waals surface area contributed by atoms with Crippen LogP contribution in [0.1, 0.15) is 21.5 Å². The minimum atomic E-state index is -4.43. The van der Waals surface area contributed by atoms with Crippen molar-refractivity contribution in [3.8, 4) is 5.75 Å². The molecule has 20 heavy (non-hydrogen) atoms. The molecule has 0 N–H and O–H groups in total. The highest BCUT2D eigenvalue weighted by molar-refractivity contribution is 5.79. The molecule has 0 aliphatic heterocycles. The Balaban J connectivity index is 2.22. The van der Waals surface area contributed by atoms with Gasteiger partial charge >= 0.3 is 6.18 Å². The van der Waals surface area contributed by atoms with Crippen LogP contribution in [-0.4, -0.2) is 6.29 Å². The maximum atomic E-state index is 12.8. The van der Waals surface area contributed by atoms with Crippen LogP contribution in [0, 0.1) is 0 Å². The van der Waals surface area contributed by atoms with Crippen LogP contribution < -0.4 is 4.74 Å². The molecule has 2 nitrogen and oxygen atoms in total. The lowest BCUT2D eigenvalue weighted by molar-refractivity contribution is -0.138. The topological polar surface area (TPSA) is 26.3 Å². The van der Waals surface area contributed by atoms with Crippen LogP contribution in [0.3, 0.4) is 0 Å². The number of rotatable bonds is 4. The van der Waals surface area contributed by atoms with Crippen LogP contribution in [0.4, 0.5) is 13.2 Å². The zero-order chi connectivity index (χ0) is 14.6. The van der Waals surface area contributed by atoms with Gasteiger partial charge in [0.2, 0.25) is 0 Å². The molecule has 0 radical (unpaired) electrons. The van der Waals surface area contributed by atoms with E-state index in [1.165, 1.54) is 24.3 Å². The van der Waals surface area contributed by atoms with Crippen LogP contribution in [-0.2, 0) is 12.8 Å². The Hall–Kier alpha value is -2.30. The van der Waals surface area contributed by atoms with Crippen molar-refractivity contribution in [1.82, 2.24) is 0 Å². The Bertz CT molecular complexity index is 606. The molecule has 0 spiro atoms. The van der Waals surface area contributed by atoms with Gasteiger partial charge in [-0.25, -0.2) is 0 Å². The maximum Gasteiger partial charge on any atom is 0.416 e. The van der Waals surface area contributed by atoms with Crippen molar-refractivity contribution in [2.75, 3.05) is 0 Å². The molecule has 104 valence electrons. The molecule has 0 atom stereocenters. The van der Waals surface area contributed by atoms with E-state index in [4.69, 9.17) is 4.74 Å². The third-order valence-corrected chi connectivity index (χ3v) is 2.75. The minimum Gasteiger partial charge on any atom is -0.488 e. The van der Waals surface area contributed by atoms with Crippen LogP contribution in [0.25, 0.3) is 0 Å². The van der Waals surface area contributed by atoms with Gasteiger partial charge in [0.05, 0.1) is 11.1 Å². The monoisotopic (exact) mass is 280 g/mol. The number of aldehydes is 1. The van der Waals surface area contributed by atoms with E-state index in [0.717, 1.165) is 6.07 Å². The molecule has 0 saturated heterocycles. The van der Waals surface area contributed by atoms with Crippen LogP contribution in [0.2, 0.25) is 0 Å². The van der Waals surface area contributed by atoms with Gasteiger partial charge in [-0.05, 0) is 18.2 Å². The molecule has 0 bridgehead atoms. The molecule has 0 aliphatic rings. The molecule has 2 aromatic carbocycles. The third-order valence-electron chi connectivity index (χ3n) is 2.75. The molecule has 0 saturated carbocycles. The number of hydrogen-bond donors (Lipinski definition) is 0. The molecular weight excluding hydrogens is 269 g/mol. The number of halogens is 3. The van der Waals surface area contributed by atoms with E-state index in [-0.39, 0.29) is 17.9 Å². The van der Waals surface area contributed by atoms with Crippen molar-refractivity contribution < 1.29 is 22.7 Å². The Kier molecular flexibility index (Phi) is 4.08. The van der Waals surface area contributed by atoms with Gasteiger partial charge in [-0.15, -0.1) is 0 Å². The van der Waals surface area contributed by atoms with E-state index in [1.807, 2.05) is 0 Å². The molecule has 0 fully saturated rings. The van der Waals surface area contributed by atoms with Gasteiger partial charge in [0.25, 0.3) is 0 Å². The van der Waals surface area contributed by atoms with Crippen LogP contribution in [0.5, 0.6) is 5.75 Å². The summed E-state index contributed by atoms with van der Waals surface area (Å²) in [5, 5.41) is 0. The summed E-state index contributed by atoms with van der Waals surface area (Å²) in [4.78, 5) is 10.8. The van der Waals surface area contributed by atoms with Gasteiger partial charge in [0.15, 0.2) is 6.29 Å². The lowest BCUT2D eigenvalue weighted by atomic mass is 10.1. The standard InChI is InChI=1S/C15H11F3O2/c16-15(17,18)13-7-3-1-6-12(13)10-20-14-8-4-2-5-11(14)9-19/h1-9H,10H2. The highest BCUT2D eigenvalue weighted by Crippen LogP contribution is 2.32. The lowest BCUT2D eigenvalue weighted by Crippen LogP contribution is -2.11. The summed E-state index contributed by atoms with van der Waals surface area (Å²) in [5.41, 5.74) is -0.402. The van der Waals surface area contributed by atoms with Gasteiger partial charge in [0.1, 0.15) is 12.4 Å². The summed E-state index contributed by atoms with van der Waals surface area (Å²) in [6.45, 7) is -0.249. The second-order valence-corrected chi connectivity index (χ2v) is 4.10. The molecule has 0 amide bonds. The first kappa shape index (κ1) is 14.1. The first-order valence-corrected chi connectivity index (χ1v) is 5.84. The van der Waals surface area contributed by atoms with E-state index in [0.29, 0.717) is 11.8 Å². The number of alkyl halides is 3.